The van der Waals surface area contributed by atoms with Crippen LogP contribution in [0.25, 0.3) is 0 Å². The fourth-order valence-electron chi connectivity index (χ4n) is 3.68. The molecule has 1 amide bonds. The van der Waals surface area contributed by atoms with Crippen LogP contribution in [0.5, 0.6) is 0 Å². The molecular formula is C13H26N2O4P2Si. The Morgan fingerprint density at radius 2 is 1.68 bits per heavy atom. The first-order valence-corrected chi connectivity index (χ1v) is 11.3. The number of hydrogen-bond acceptors (Lipinski definition) is 5. The summed E-state index contributed by atoms with van der Waals surface area (Å²) in [5, 5.41) is 7.43. The van der Waals surface area contributed by atoms with E-state index in [1.54, 1.807) is 0 Å². The van der Waals surface area contributed by atoms with Gasteiger partial charge in [0.2, 0.25) is 0 Å². The van der Waals surface area contributed by atoms with Gasteiger partial charge in [0, 0.05) is 0 Å². The summed E-state index contributed by atoms with van der Waals surface area (Å²) in [6, 6.07) is -0.323. The monoisotopic (exact) mass is 364 g/mol. The number of hydrogen-bond donors (Lipinski definition) is 1. The lowest BCUT2D eigenvalue weighted by Gasteiger charge is -2.47. The van der Waals surface area contributed by atoms with E-state index < -0.39 is 23.1 Å². The van der Waals surface area contributed by atoms with E-state index in [1.165, 1.54) is 4.67 Å². The molecule has 0 radical (unpaired) electrons. The molecule has 126 valence electrons. The van der Waals surface area contributed by atoms with Crippen molar-refractivity contribution in [2.45, 2.75) is 70.3 Å². The zero-order valence-electron chi connectivity index (χ0n) is 14.1. The molecule has 1 rings (SSSR count). The van der Waals surface area contributed by atoms with E-state index >= 15 is 0 Å². The molecule has 1 aliphatic heterocycles. The lowest BCUT2D eigenvalue weighted by molar-refractivity contribution is -0.153. The van der Waals surface area contributed by atoms with Gasteiger partial charge in [-0.25, -0.2) is 4.57 Å². The van der Waals surface area contributed by atoms with E-state index in [0.29, 0.717) is 23.2 Å². The van der Waals surface area contributed by atoms with E-state index in [0.717, 1.165) is 0 Å². The molecule has 6 nitrogen and oxygen atoms in total. The molecule has 0 bridgehead atoms. The zero-order valence-corrected chi connectivity index (χ0v) is 16.9. The standard InChI is InChI=1S/C13H26N2O4P2Si/c1-8(2)22(9(3)4,10(5)6)18-7-11-12(19-21-17)13(16)15(11)20-14/h8-12,14H,7H2,1-6H3/t11?,12-/m1/s1. The fraction of sp³-hybridized carbons (Fsp3) is 0.923. The highest BCUT2D eigenvalue weighted by atomic mass is 31.1. The van der Waals surface area contributed by atoms with E-state index in [-0.39, 0.29) is 20.5 Å². The molecule has 1 N–H and O–H groups in total. The Hall–Kier alpha value is -0.193. The van der Waals surface area contributed by atoms with Crippen molar-refractivity contribution in [1.82, 2.24) is 4.67 Å². The second-order valence-corrected chi connectivity index (χ2v) is 13.0. The van der Waals surface area contributed by atoms with Gasteiger partial charge in [-0.15, -0.1) is 0 Å². The van der Waals surface area contributed by atoms with Gasteiger partial charge in [-0.1, -0.05) is 41.5 Å². The van der Waals surface area contributed by atoms with Gasteiger partial charge in [0.25, 0.3) is 5.91 Å². The summed E-state index contributed by atoms with van der Waals surface area (Å²) in [5.41, 5.74) is 1.34. The first-order valence-electron chi connectivity index (χ1n) is 7.56. The Kier molecular flexibility index (Phi) is 7.28. The van der Waals surface area contributed by atoms with Gasteiger partial charge in [0.15, 0.2) is 14.4 Å². The molecule has 0 aromatic carbocycles. The number of rotatable bonds is 9. The average molecular weight is 364 g/mol. The van der Waals surface area contributed by atoms with Crippen LogP contribution in [-0.2, 0) is 18.3 Å². The van der Waals surface area contributed by atoms with Crippen molar-refractivity contribution in [3.63, 3.8) is 0 Å². The van der Waals surface area contributed by atoms with Crippen molar-refractivity contribution in [2.75, 3.05) is 6.61 Å². The van der Waals surface area contributed by atoms with Crippen molar-refractivity contribution in [3.05, 3.63) is 0 Å². The molecule has 1 saturated heterocycles. The van der Waals surface area contributed by atoms with E-state index in [1.807, 2.05) is 0 Å². The highest BCUT2D eigenvalue weighted by Gasteiger charge is 2.52. The number of amides is 1. The summed E-state index contributed by atoms with van der Waals surface area (Å²) in [7, 11) is -2.41. The fourth-order valence-corrected chi connectivity index (χ4v) is 10.0. The number of nitrogens with one attached hydrogen (secondary N) is 1. The van der Waals surface area contributed by atoms with Gasteiger partial charge >= 0.3 is 8.69 Å². The summed E-state index contributed by atoms with van der Waals surface area (Å²) < 4.78 is 23.4. The molecule has 2 atom stereocenters. The van der Waals surface area contributed by atoms with Crippen LogP contribution >= 0.6 is 17.2 Å². The molecule has 0 aliphatic carbocycles. The van der Waals surface area contributed by atoms with Crippen LogP contribution in [0.4, 0.5) is 0 Å². The Morgan fingerprint density at radius 3 is 2.05 bits per heavy atom. The second-order valence-electron chi connectivity index (χ2n) is 6.58. The molecule has 1 fully saturated rings. The summed E-state index contributed by atoms with van der Waals surface area (Å²) in [6.07, 6.45) is -0.754. The minimum Gasteiger partial charge on any atom is -0.414 e. The van der Waals surface area contributed by atoms with Gasteiger partial charge < -0.3 is 4.43 Å². The molecular weight excluding hydrogens is 338 g/mol. The number of β-lactam (4-membered cyclic amide) rings is 1. The predicted molar refractivity (Wildman–Crippen MR) is 89.8 cm³/mol. The quantitative estimate of drug-likeness (QED) is 0.368. The minimum absolute atomic E-state index is 0.124. The minimum atomic E-state index is -2.03. The molecule has 0 aromatic rings. The lowest BCUT2D eigenvalue weighted by Crippen LogP contribution is -2.64. The third kappa shape index (κ3) is 3.49. The third-order valence-corrected chi connectivity index (χ3v) is 11.7. The average Bonchev–Trinajstić information content (AvgIpc) is 2.42. The molecule has 22 heavy (non-hydrogen) atoms. The number of nitrogens with zero attached hydrogens (tertiary/aromatic N) is 1. The highest BCUT2D eigenvalue weighted by Crippen LogP contribution is 2.43. The molecule has 9 heteroatoms. The Morgan fingerprint density at radius 1 is 1.18 bits per heavy atom. The first kappa shape index (κ1) is 19.9. The summed E-state index contributed by atoms with van der Waals surface area (Å²) in [4.78, 5) is 11.8. The van der Waals surface area contributed by atoms with Crippen LogP contribution in [0.1, 0.15) is 41.5 Å². The molecule has 1 aliphatic rings. The number of carbonyl (C=O) groups is 1. The van der Waals surface area contributed by atoms with Gasteiger partial charge in [0.05, 0.1) is 6.61 Å². The Balaban J connectivity index is 2.89. The third-order valence-electron chi connectivity index (χ3n) is 4.61. The van der Waals surface area contributed by atoms with Crippen molar-refractivity contribution in [1.29, 1.82) is 5.16 Å². The van der Waals surface area contributed by atoms with Crippen LogP contribution in [0, 0.1) is 5.16 Å². The van der Waals surface area contributed by atoms with Crippen molar-refractivity contribution >= 4 is 31.4 Å². The molecule has 0 aromatic heterocycles. The maximum absolute atomic E-state index is 11.8. The maximum atomic E-state index is 11.8. The summed E-state index contributed by atoms with van der Waals surface area (Å²) >= 11 is 0. The van der Waals surface area contributed by atoms with E-state index in [2.05, 4.69) is 41.5 Å². The van der Waals surface area contributed by atoms with Gasteiger partial charge in [-0.05, 0) is 16.6 Å². The normalized spacial score (nSPS) is 23.1. The largest absolute Gasteiger partial charge is 0.414 e. The van der Waals surface area contributed by atoms with Crippen LogP contribution in [0.3, 0.4) is 0 Å². The van der Waals surface area contributed by atoms with E-state index in [9.17, 15) is 9.36 Å². The van der Waals surface area contributed by atoms with Gasteiger partial charge in [-0.3, -0.25) is 19.2 Å². The molecule has 1 heterocycles. The smallest absolute Gasteiger partial charge is 0.328 e. The Bertz CT molecular complexity index is 412. The van der Waals surface area contributed by atoms with Crippen molar-refractivity contribution < 1.29 is 18.3 Å². The Labute approximate surface area is 137 Å². The topological polar surface area (TPSA) is 79.7 Å². The van der Waals surface area contributed by atoms with Crippen molar-refractivity contribution in [3.8, 4) is 0 Å². The molecule has 0 spiro atoms. The second kappa shape index (κ2) is 8.07. The number of carbonyl (C=O) groups excluding carboxylic acids is 1. The molecule has 0 saturated carbocycles. The predicted octanol–water partition coefficient (Wildman–Crippen LogP) is 4.60. The summed E-state index contributed by atoms with van der Waals surface area (Å²) in [5.74, 6) is -0.292. The van der Waals surface area contributed by atoms with Crippen LogP contribution < -0.4 is 0 Å². The maximum Gasteiger partial charge on any atom is 0.328 e. The summed E-state index contributed by atoms with van der Waals surface area (Å²) in [6.45, 7) is 13.5. The van der Waals surface area contributed by atoms with Crippen LogP contribution in [-0.4, -0.2) is 37.6 Å². The lowest BCUT2D eigenvalue weighted by atomic mass is 10.0. The van der Waals surface area contributed by atoms with Gasteiger partial charge in [0.1, 0.15) is 14.6 Å². The first-order chi connectivity index (χ1) is 10.2. The van der Waals surface area contributed by atoms with Crippen LogP contribution in [0.15, 0.2) is 0 Å². The molecule has 1 unspecified atom stereocenters. The zero-order chi connectivity index (χ0) is 17.1. The van der Waals surface area contributed by atoms with E-state index in [4.69, 9.17) is 14.1 Å². The highest BCUT2D eigenvalue weighted by molar-refractivity contribution is 7.23. The van der Waals surface area contributed by atoms with Crippen LogP contribution in [0.2, 0.25) is 16.6 Å². The van der Waals surface area contributed by atoms with Crippen molar-refractivity contribution in [2.24, 2.45) is 0 Å². The SMILES string of the molecule is CC(C)[Si](OCC1[C@@H](OP=O)C(=O)N1P=N)(C(C)C)C(C)C. The van der Waals surface area contributed by atoms with Gasteiger partial charge in [-0.2, -0.15) is 0 Å².